The monoisotopic (exact) mass is 275 g/mol. The molecule has 0 radical (unpaired) electrons. The number of benzene rings is 1. The standard InChI is InChI=1S/C12H14FNO3.ClH/c13-9-5-7(12(16)17)4-8(11(9)15)10(14)3-6-1-2-6;/h4-6,10,15H,1-3,14H2,(H,16,17);1H/t10-;/m1./s1. The quantitative estimate of drug-likeness (QED) is 0.788. The molecule has 1 saturated carbocycles. The summed E-state index contributed by atoms with van der Waals surface area (Å²) in [6, 6.07) is 1.52. The first kappa shape index (κ1) is 14.7. The van der Waals surface area contributed by atoms with Crippen LogP contribution in [-0.4, -0.2) is 16.2 Å². The largest absolute Gasteiger partial charge is 0.505 e. The molecule has 0 spiro atoms. The van der Waals surface area contributed by atoms with Gasteiger partial charge in [-0.15, -0.1) is 12.4 Å². The second-order valence-corrected chi connectivity index (χ2v) is 4.49. The van der Waals surface area contributed by atoms with E-state index in [1.54, 1.807) is 0 Å². The molecule has 1 aliphatic carbocycles. The molecule has 0 heterocycles. The number of halogens is 2. The van der Waals surface area contributed by atoms with E-state index in [2.05, 4.69) is 0 Å². The number of carboxylic acid groups (broad SMARTS) is 1. The number of rotatable bonds is 4. The van der Waals surface area contributed by atoms with Crippen molar-refractivity contribution in [3.05, 3.63) is 29.1 Å². The van der Waals surface area contributed by atoms with E-state index >= 15 is 0 Å². The molecule has 4 N–H and O–H groups in total. The van der Waals surface area contributed by atoms with Gasteiger partial charge in [0.15, 0.2) is 11.6 Å². The molecule has 0 aromatic heterocycles. The topological polar surface area (TPSA) is 83.6 Å². The SMILES string of the molecule is Cl.N[C@H](CC1CC1)c1cc(C(=O)O)cc(F)c1O. The molecular formula is C12H15ClFNO3. The number of aromatic carboxylic acids is 1. The maximum atomic E-state index is 13.3. The highest BCUT2D eigenvalue weighted by Gasteiger charge is 2.27. The lowest BCUT2D eigenvalue weighted by molar-refractivity contribution is 0.0696. The number of phenols is 1. The molecule has 1 aliphatic rings. The lowest BCUT2D eigenvalue weighted by Crippen LogP contribution is -2.13. The summed E-state index contributed by atoms with van der Waals surface area (Å²) in [5.74, 6) is -2.20. The molecule has 1 atom stereocenters. The minimum atomic E-state index is -1.23. The second kappa shape index (κ2) is 5.54. The number of hydrogen-bond acceptors (Lipinski definition) is 3. The first-order chi connectivity index (χ1) is 7.99. The molecular weight excluding hydrogens is 261 g/mol. The predicted octanol–water partition coefficient (Wildman–Crippen LogP) is 2.45. The maximum absolute atomic E-state index is 13.3. The van der Waals surface area contributed by atoms with E-state index in [0.29, 0.717) is 12.3 Å². The van der Waals surface area contributed by atoms with Gasteiger partial charge in [-0.2, -0.15) is 0 Å². The van der Waals surface area contributed by atoms with Gasteiger partial charge in [-0.25, -0.2) is 9.18 Å². The van der Waals surface area contributed by atoms with Crippen LogP contribution >= 0.6 is 12.4 Å². The normalized spacial score (nSPS) is 15.9. The van der Waals surface area contributed by atoms with E-state index in [1.807, 2.05) is 0 Å². The molecule has 1 aromatic rings. The van der Waals surface area contributed by atoms with Crippen molar-refractivity contribution in [1.82, 2.24) is 0 Å². The number of carbonyl (C=O) groups is 1. The molecule has 0 saturated heterocycles. The van der Waals surface area contributed by atoms with Gasteiger partial charge in [-0.3, -0.25) is 0 Å². The minimum absolute atomic E-state index is 0. The van der Waals surface area contributed by atoms with Crippen LogP contribution in [0.4, 0.5) is 4.39 Å². The van der Waals surface area contributed by atoms with Crippen LogP contribution in [-0.2, 0) is 0 Å². The van der Waals surface area contributed by atoms with Crippen LogP contribution < -0.4 is 5.73 Å². The summed E-state index contributed by atoms with van der Waals surface area (Å²) < 4.78 is 13.3. The fraction of sp³-hybridized carbons (Fsp3) is 0.417. The third-order valence-corrected chi connectivity index (χ3v) is 3.02. The zero-order valence-corrected chi connectivity index (χ0v) is 10.4. The average Bonchev–Trinajstić information content (AvgIpc) is 3.05. The molecule has 0 amide bonds. The highest BCUT2D eigenvalue weighted by Crippen LogP contribution is 2.39. The van der Waals surface area contributed by atoms with Crippen LogP contribution in [0.5, 0.6) is 5.75 Å². The summed E-state index contributed by atoms with van der Waals surface area (Å²) in [6.07, 6.45) is 2.83. The number of carboxylic acids is 1. The number of nitrogens with two attached hydrogens (primary N) is 1. The van der Waals surface area contributed by atoms with Crippen LogP contribution in [0.2, 0.25) is 0 Å². The molecule has 1 fully saturated rings. The Morgan fingerprint density at radius 2 is 2.11 bits per heavy atom. The lowest BCUT2D eigenvalue weighted by atomic mass is 9.98. The van der Waals surface area contributed by atoms with E-state index in [4.69, 9.17) is 10.8 Å². The first-order valence-electron chi connectivity index (χ1n) is 5.50. The van der Waals surface area contributed by atoms with E-state index < -0.39 is 23.6 Å². The van der Waals surface area contributed by atoms with Crippen molar-refractivity contribution < 1.29 is 19.4 Å². The smallest absolute Gasteiger partial charge is 0.335 e. The third kappa shape index (κ3) is 3.11. The Balaban J connectivity index is 0.00000162. The lowest BCUT2D eigenvalue weighted by Gasteiger charge is -2.14. The number of hydrogen-bond donors (Lipinski definition) is 3. The minimum Gasteiger partial charge on any atom is -0.505 e. The molecule has 18 heavy (non-hydrogen) atoms. The Hall–Kier alpha value is -1.33. The fourth-order valence-electron chi connectivity index (χ4n) is 1.87. The Kier molecular flexibility index (Phi) is 4.53. The Morgan fingerprint density at radius 3 is 2.61 bits per heavy atom. The van der Waals surface area contributed by atoms with Gasteiger partial charge in [-0.05, 0) is 24.5 Å². The van der Waals surface area contributed by atoms with Crippen molar-refractivity contribution in [3.63, 3.8) is 0 Å². The van der Waals surface area contributed by atoms with Crippen molar-refractivity contribution >= 4 is 18.4 Å². The van der Waals surface area contributed by atoms with Crippen LogP contribution in [0.15, 0.2) is 12.1 Å². The zero-order chi connectivity index (χ0) is 12.6. The summed E-state index contributed by atoms with van der Waals surface area (Å²) in [4.78, 5) is 10.8. The Morgan fingerprint density at radius 1 is 1.50 bits per heavy atom. The predicted molar refractivity (Wildman–Crippen MR) is 66.5 cm³/mol. The van der Waals surface area contributed by atoms with Gasteiger partial charge >= 0.3 is 5.97 Å². The van der Waals surface area contributed by atoms with E-state index in [1.165, 1.54) is 6.07 Å². The van der Waals surface area contributed by atoms with Crippen LogP contribution in [0.1, 0.15) is 41.2 Å². The maximum Gasteiger partial charge on any atom is 0.335 e. The van der Waals surface area contributed by atoms with E-state index in [0.717, 1.165) is 18.9 Å². The number of phenolic OH excluding ortho intramolecular Hbond substituents is 1. The average molecular weight is 276 g/mol. The molecule has 1 aromatic carbocycles. The van der Waals surface area contributed by atoms with Crippen LogP contribution in [0, 0.1) is 11.7 Å². The van der Waals surface area contributed by atoms with E-state index in [9.17, 15) is 14.3 Å². The summed E-state index contributed by atoms with van der Waals surface area (Å²) in [5, 5.41) is 18.4. The Labute approximate surface area is 110 Å². The van der Waals surface area contributed by atoms with Crippen molar-refractivity contribution in [2.45, 2.75) is 25.3 Å². The second-order valence-electron chi connectivity index (χ2n) is 4.49. The van der Waals surface area contributed by atoms with Gasteiger partial charge < -0.3 is 15.9 Å². The molecule has 4 nitrogen and oxygen atoms in total. The fourth-order valence-corrected chi connectivity index (χ4v) is 1.87. The van der Waals surface area contributed by atoms with Crippen molar-refractivity contribution in [2.24, 2.45) is 11.7 Å². The number of aromatic hydroxyl groups is 1. The first-order valence-corrected chi connectivity index (χ1v) is 5.50. The Bertz CT molecular complexity index is 463. The van der Waals surface area contributed by atoms with E-state index in [-0.39, 0.29) is 23.5 Å². The summed E-state index contributed by atoms with van der Waals surface area (Å²) >= 11 is 0. The van der Waals surface area contributed by atoms with Gasteiger partial charge in [0.25, 0.3) is 0 Å². The molecule has 6 heteroatoms. The molecule has 0 unspecified atom stereocenters. The molecule has 0 bridgehead atoms. The van der Waals surface area contributed by atoms with Crippen molar-refractivity contribution in [3.8, 4) is 5.75 Å². The molecule has 0 aliphatic heterocycles. The zero-order valence-electron chi connectivity index (χ0n) is 9.60. The van der Waals surface area contributed by atoms with Crippen LogP contribution in [0.25, 0.3) is 0 Å². The van der Waals surface area contributed by atoms with Crippen molar-refractivity contribution in [2.75, 3.05) is 0 Å². The van der Waals surface area contributed by atoms with Gasteiger partial charge in [0.2, 0.25) is 0 Å². The van der Waals surface area contributed by atoms with Gasteiger partial charge in [-0.1, -0.05) is 12.8 Å². The van der Waals surface area contributed by atoms with Crippen molar-refractivity contribution in [1.29, 1.82) is 0 Å². The van der Waals surface area contributed by atoms with Gasteiger partial charge in [0.1, 0.15) is 0 Å². The molecule has 100 valence electrons. The van der Waals surface area contributed by atoms with Crippen LogP contribution in [0.3, 0.4) is 0 Å². The summed E-state index contributed by atoms with van der Waals surface area (Å²) in [7, 11) is 0. The van der Waals surface area contributed by atoms with Gasteiger partial charge in [0, 0.05) is 11.6 Å². The highest BCUT2D eigenvalue weighted by molar-refractivity contribution is 5.88. The summed E-state index contributed by atoms with van der Waals surface area (Å²) in [6.45, 7) is 0. The summed E-state index contributed by atoms with van der Waals surface area (Å²) in [5.41, 5.74) is 5.84. The third-order valence-electron chi connectivity index (χ3n) is 3.02. The highest BCUT2D eigenvalue weighted by atomic mass is 35.5. The molecule has 2 rings (SSSR count). The van der Waals surface area contributed by atoms with Gasteiger partial charge in [0.05, 0.1) is 5.56 Å².